The van der Waals surface area contributed by atoms with Crippen molar-refractivity contribution in [3.63, 3.8) is 0 Å². The Morgan fingerprint density at radius 2 is 1.83 bits per heavy atom. The van der Waals surface area contributed by atoms with Gasteiger partial charge in [0.1, 0.15) is 5.56 Å². The van der Waals surface area contributed by atoms with Gasteiger partial charge in [0.25, 0.3) is 0 Å². The summed E-state index contributed by atoms with van der Waals surface area (Å²) in [5.74, 6) is -0.876. The van der Waals surface area contributed by atoms with Crippen LogP contribution in [-0.2, 0) is 0 Å². The Balaban J connectivity index is 2.62. The predicted octanol–water partition coefficient (Wildman–Crippen LogP) is 3.71. The summed E-state index contributed by atoms with van der Waals surface area (Å²) < 4.78 is 5.09. The molecule has 0 aliphatic rings. The Bertz CT molecular complexity index is 579. The van der Waals surface area contributed by atoms with Crippen LogP contribution in [0.5, 0.6) is 5.75 Å². The highest BCUT2D eigenvalue weighted by Crippen LogP contribution is 2.37. The van der Waals surface area contributed by atoms with Crippen LogP contribution in [0.25, 0.3) is 11.1 Å². The number of carbonyl (C=O) groups is 1. The highest BCUT2D eigenvalue weighted by molar-refractivity contribution is 6.35. The fraction of sp³-hybridized carbons (Fsp3) is 0.0714. The smallest absolute Gasteiger partial charge is 0.339 e. The Labute approximate surface area is 110 Å². The van der Waals surface area contributed by atoms with Gasteiger partial charge in [0, 0.05) is 5.56 Å². The molecule has 0 aliphatic heterocycles. The zero-order valence-electron chi connectivity index (χ0n) is 9.68. The summed E-state index contributed by atoms with van der Waals surface area (Å²) in [7, 11) is 1.41. The molecule has 0 bridgehead atoms. The minimum Gasteiger partial charge on any atom is -0.494 e. The Hall–Kier alpha value is -2.00. The maximum absolute atomic E-state index is 11.0. The molecule has 0 amide bonds. The van der Waals surface area contributed by atoms with Gasteiger partial charge in [-0.15, -0.1) is 0 Å². The van der Waals surface area contributed by atoms with Crippen molar-refractivity contribution >= 4 is 17.6 Å². The van der Waals surface area contributed by atoms with E-state index in [0.29, 0.717) is 5.02 Å². The van der Waals surface area contributed by atoms with Crippen molar-refractivity contribution in [3.8, 4) is 16.9 Å². The minimum absolute atomic E-state index is 0.0576. The molecule has 92 valence electrons. The van der Waals surface area contributed by atoms with E-state index in [9.17, 15) is 4.79 Å². The third-order valence-electron chi connectivity index (χ3n) is 2.62. The molecule has 0 spiro atoms. The van der Waals surface area contributed by atoms with Gasteiger partial charge in [-0.3, -0.25) is 0 Å². The molecular weight excluding hydrogens is 252 g/mol. The van der Waals surface area contributed by atoms with Crippen molar-refractivity contribution in [1.29, 1.82) is 0 Å². The van der Waals surface area contributed by atoms with Crippen LogP contribution >= 0.6 is 11.6 Å². The van der Waals surface area contributed by atoms with E-state index in [4.69, 9.17) is 21.4 Å². The number of carboxylic acid groups (broad SMARTS) is 1. The van der Waals surface area contributed by atoms with E-state index in [-0.39, 0.29) is 11.3 Å². The van der Waals surface area contributed by atoms with E-state index in [1.807, 2.05) is 30.3 Å². The highest BCUT2D eigenvalue weighted by Gasteiger charge is 2.17. The van der Waals surface area contributed by atoms with Crippen LogP contribution in [0.1, 0.15) is 10.4 Å². The van der Waals surface area contributed by atoms with Gasteiger partial charge in [-0.1, -0.05) is 48.0 Å². The Morgan fingerprint density at radius 1 is 1.17 bits per heavy atom. The average Bonchev–Trinajstić information content (AvgIpc) is 2.39. The van der Waals surface area contributed by atoms with Crippen molar-refractivity contribution in [2.24, 2.45) is 0 Å². The van der Waals surface area contributed by atoms with Crippen LogP contribution < -0.4 is 4.74 Å². The first-order valence-corrected chi connectivity index (χ1v) is 5.68. The number of hydrogen-bond acceptors (Lipinski definition) is 2. The van der Waals surface area contributed by atoms with Gasteiger partial charge in [-0.2, -0.15) is 0 Å². The van der Waals surface area contributed by atoms with Crippen molar-refractivity contribution in [3.05, 3.63) is 53.1 Å². The third kappa shape index (κ3) is 2.17. The summed E-state index contributed by atoms with van der Waals surface area (Å²) >= 11 is 6.20. The third-order valence-corrected chi connectivity index (χ3v) is 2.99. The van der Waals surface area contributed by atoms with Crippen molar-refractivity contribution in [2.45, 2.75) is 0 Å². The van der Waals surface area contributed by atoms with Crippen LogP contribution in [-0.4, -0.2) is 18.2 Å². The Morgan fingerprint density at radius 3 is 2.39 bits per heavy atom. The zero-order chi connectivity index (χ0) is 13.1. The number of rotatable bonds is 3. The summed E-state index contributed by atoms with van der Waals surface area (Å²) in [6, 6.07) is 12.7. The summed E-state index contributed by atoms with van der Waals surface area (Å²) in [6.45, 7) is 0. The molecular formula is C14H11ClO3. The second-order valence-corrected chi connectivity index (χ2v) is 4.06. The van der Waals surface area contributed by atoms with Crippen molar-refractivity contribution in [2.75, 3.05) is 7.11 Å². The lowest BCUT2D eigenvalue weighted by Crippen LogP contribution is -2.01. The van der Waals surface area contributed by atoms with Crippen molar-refractivity contribution < 1.29 is 14.6 Å². The largest absolute Gasteiger partial charge is 0.494 e. The minimum atomic E-state index is -1.06. The number of ether oxygens (including phenoxy) is 1. The summed E-state index contributed by atoms with van der Waals surface area (Å²) in [5, 5.41) is 9.35. The quantitative estimate of drug-likeness (QED) is 0.917. The summed E-state index contributed by atoms with van der Waals surface area (Å²) in [4.78, 5) is 11.0. The van der Waals surface area contributed by atoms with Gasteiger partial charge in [-0.05, 0) is 11.6 Å². The molecule has 2 aromatic carbocycles. The lowest BCUT2D eigenvalue weighted by molar-refractivity contribution is 0.0693. The first-order valence-electron chi connectivity index (χ1n) is 5.30. The van der Waals surface area contributed by atoms with Gasteiger partial charge in [0.15, 0.2) is 5.75 Å². The molecule has 0 unspecified atom stereocenters. The molecule has 2 aromatic rings. The fourth-order valence-corrected chi connectivity index (χ4v) is 2.12. The van der Waals surface area contributed by atoms with E-state index in [1.54, 1.807) is 6.07 Å². The zero-order valence-corrected chi connectivity index (χ0v) is 10.4. The monoisotopic (exact) mass is 262 g/mol. The van der Waals surface area contributed by atoms with Crippen LogP contribution in [0.2, 0.25) is 5.02 Å². The molecule has 0 atom stereocenters. The first-order chi connectivity index (χ1) is 8.65. The lowest BCUT2D eigenvalue weighted by Gasteiger charge is -2.11. The molecule has 0 saturated heterocycles. The molecule has 0 aliphatic carbocycles. The molecule has 0 radical (unpaired) electrons. The van der Waals surface area contributed by atoms with Gasteiger partial charge in [-0.25, -0.2) is 4.79 Å². The number of halogens is 1. The molecule has 4 heteroatoms. The second-order valence-electron chi connectivity index (χ2n) is 3.68. The fourth-order valence-electron chi connectivity index (χ4n) is 1.76. The molecule has 18 heavy (non-hydrogen) atoms. The molecule has 1 N–H and O–H groups in total. The summed E-state index contributed by atoms with van der Waals surface area (Å²) in [5.41, 5.74) is 1.72. The maximum atomic E-state index is 11.0. The number of carboxylic acids is 1. The van der Waals surface area contributed by atoms with E-state index in [1.165, 1.54) is 13.2 Å². The van der Waals surface area contributed by atoms with Crippen molar-refractivity contribution in [1.82, 2.24) is 0 Å². The highest BCUT2D eigenvalue weighted by atomic mass is 35.5. The van der Waals surface area contributed by atoms with Gasteiger partial charge in [0.05, 0.1) is 12.1 Å². The summed E-state index contributed by atoms with van der Waals surface area (Å²) in [6.07, 6.45) is 0. The van der Waals surface area contributed by atoms with Crippen LogP contribution in [0, 0.1) is 0 Å². The molecule has 2 rings (SSSR count). The number of benzene rings is 2. The lowest BCUT2D eigenvalue weighted by atomic mass is 10.0. The maximum Gasteiger partial charge on any atom is 0.339 e. The van der Waals surface area contributed by atoms with Crippen LogP contribution in [0.15, 0.2) is 42.5 Å². The number of hydrogen-bond donors (Lipinski definition) is 1. The second kappa shape index (κ2) is 5.10. The Kier molecular flexibility index (Phi) is 3.53. The SMILES string of the molecule is COc1c(C(=O)O)ccc(-c2ccccc2)c1Cl. The van der Waals surface area contributed by atoms with E-state index < -0.39 is 5.97 Å². The number of methoxy groups -OCH3 is 1. The van der Waals surface area contributed by atoms with E-state index in [0.717, 1.165) is 11.1 Å². The van der Waals surface area contributed by atoms with Crippen LogP contribution in [0.3, 0.4) is 0 Å². The topological polar surface area (TPSA) is 46.5 Å². The van der Waals surface area contributed by atoms with Crippen LogP contribution in [0.4, 0.5) is 0 Å². The molecule has 0 saturated carbocycles. The van der Waals surface area contributed by atoms with Gasteiger partial charge in [0.2, 0.25) is 0 Å². The van der Waals surface area contributed by atoms with Gasteiger partial charge >= 0.3 is 5.97 Å². The standard InChI is InChI=1S/C14H11ClO3/c1-18-13-11(14(16)17)8-7-10(12(13)15)9-5-3-2-4-6-9/h2-8H,1H3,(H,16,17). The average molecular weight is 263 g/mol. The molecule has 0 fully saturated rings. The molecule has 0 heterocycles. The molecule has 0 aromatic heterocycles. The number of aromatic carboxylic acids is 1. The predicted molar refractivity (Wildman–Crippen MR) is 70.4 cm³/mol. The normalized spacial score (nSPS) is 10.1. The van der Waals surface area contributed by atoms with E-state index >= 15 is 0 Å². The van der Waals surface area contributed by atoms with Gasteiger partial charge < -0.3 is 9.84 Å². The molecule has 3 nitrogen and oxygen atoms in total. The first kappa shape index (κ1) is 12.5. The van der Waals surface area contributed by atoms with E-state index in [2.05, 4.69) is 0 Å².